The van der Waals surface area contributed by atoms with E-state index in [1.54, 1.807) is 49.6 Å². The second-order valence-corrected chi connectivity index (χ2v) is 6.59. The molecule has 2 aromatic carbocycles. The normalized spacial score (nSPS) is 11.5. The topological polar surface area (TPSA) is 82.1 Å². The Bertz CT molecular complexity index is 1120. The monoisotopic (exact) mass is 409 g/mol. The Balaban J connectivity index is 2.08. The molecule has 1 heterocycles. The lowest BCUT2D eigenvalue weighted by atomic mass is 10.1. The number of hydrogen-bond donors (Lipinski definition) is 1. The molecule has 3 rings (SSSR count). The van der Waals surface area contributed by atoms with Crippen LogP contribution in [-0.2, 0) is 0 Å². The minimum Gasteiger partial charge on any atom is -0.867 e. The summed E-state index contributed by atoms with van der Waals surface area (Å²) in [6.45, 7) is 1.64. The van der Waals surface area contributed by atoms with Crippen LogP contribution in [0, 0.1) is 22.9 Å². The van der Waals surface area contributed by atoms with Crippen molar-refractivity contribution in [2.24, 2.45) is 0 Å². The molecular formula is C21H16FN3O3S. The Labute approximate surface area is 171 Å². The maximum Gasteiger partial charge on any atom is 0.270 e. The van der Waals surface area contributed by atoms with Crippen LogP contribution in [0.4, 0.5) is 15.8 Å². The number of hydrogen-bond acceptors (Lipinski definition) is 4. The molecule has 0 fully saturated rings. The fraction of sp³-hybridized carbons (Fsp3) is 0.0476. The molecule has 0 amide bonds. The van der Waals surface area contributed by atoms with Crippen LogP contribution in [0.25, 0.3) is 11.5 Å². The number of nitro groups is 1. The number of nitro benzene ring substituents is 1. The zero-order chi connectivity index (χ0) is 21.0. The third-order valence-corrected chi connectivity index (χ3v) is 4.45. The van der Waals surface area contributed by atoms with Gasteiger partial charge in [-0.15, -0.1) is 0 Å². The van der Waals surface area contributed by atoms with Crippen molar-refractivity contribution in [2.75, 3.05) is 5.32 Å². The molecule has 0 radical (unpaired) electrons. The molecule has 0 saturated carbocycles. The molecule has 146 valence electrons. The zero-order valence-electron chi connectivity index (χ0n) is 15.3. The summed E-state index contributed by atoms with van der Waals surface area (Å²) in [7, 11) is 0. The lowest BCUT2D eigenvalue weighted by molar-refractivity contribution is -0.577. The van der Waals surface area contributed by atoms with E-state index in [9.17, 15) is 19.6 Å². The standard InChI is InChI=1S/C21H16FN3O3S/c1-14-8-9-16(13-18(14)22)23-21(29)19(24-10-3-2-4-11-24)20(26)15-6-5-7-17(12-15)25(27)28/h2-13H,1H3,(H-,23,26,29). The Morgan fingerprint density at radius 2 is 1.83 bits per heavy atom. The summed E-state index contributed by atoms with van der Waals surface area (Å²) in [5.74, 6) is -0.910. The largest absolute Gasteiger partial charge is 0.867 e. The van der Waals surface area contributed by atoms with Gasteiger partial charge in [-0.05, 0) is 35.9 Å². The van der Waals surface area contributed by atoms with Crippen molar-refractivity contribution < 1.29 is 19.0 Å². The molecule has 0 bridgehead atoms. The maximum atomic E-state index is 13.9. The third kappa shape index (κ3) is 4.61. The van der Waals surface area contributed by atoms with Gasteiger partial charge in [0.25, 0.3) is 5.69 Å². The number of halogens is 1. The number of thiocarbonyl (C=S) groups is 1. The van der Waals surface area contributed by atoms with Gasteiger partial charge in [0, 0.05) is 30.0 Å². The molecule has 0 aliphatic carbocycles. The van der Waals surface area contributed by atoms with Crippen LogP contribution in [0.15, 0.2) is 73.1 Å². The highest BCUT2D eigenvalue weighted by Crippen LogP contribution is 2.21. The van der Waals surface area contributed by atoms with Crippen molar-refractivity contribution in [1.82, 2.24) is 0 Å². The van der Waals surface area contributed by atoms with Gasteiger partial charge in [0.05, 0.1) is 4.92 Å². The summed E-state index contributed by atoms with van der Waals surface area (Å²) in [4.78, 5) is 10.5. The van der Waals surface area contributed by atoms with Gasteiger partial charge in [0.1, 0.15) is 5.82 Å². The fourth-order valence-corrected chi connectivity index (χ4v) is 2.96. The van der Waals surface area contributed by atoms with Crippen molar-refractivity contribution >= 4 is 40.0 Å². The molecule has 0 aliphatic heterocycles. The molecule has 3 aromatic rings. The van der Waals surface area contributed by atoms with Crippen LogP contribution in [0.1, 0.15) is 11.1 Å². The summed E-state index contributed by atoms with van der Waals surface area (Å²) in [5, 5.41) is 27.1. The SMILES string of the molecule is Cc1ccc(NC(=S)C(=C([O-])c2cccc([N+](=O)[O-])c2)[n+]2ccccc2)cc1F. The fourth-order valence-electron chi connectivity index (χ4n) is 2.64. The molecule has 0 unspecified atom stereocenters. The van der Waals surface area contributed by atoms with Crippen LogP contribution in [0.2, 0.25) is 0 Å². The number of rotatable bonds is 5. The number of pyridine rings is 1. The number of nitrogens with one attached hydrogen (secondary N) is 1. The predicted molar refractivity (Wildman–Crippen MR) is 110 cm³/mol. The molecule has 8 heteroatoms. The Morgan fingerprint density at radius 3 is 2.48 bits per heavy atom. The minimum absolute atomic E-state index is 0.0564. The van der Waals surface area contributed by atoms with Crippen LogP contribution < -0.4 is 15.0 Å². The highest BCUT2D eigenvalue weighted by atomic mass is 32.1. The second kappa shape index (κ2) is 8.57. The van der Waals surface area contributed by atoms with Crippen molar-refractivity contribution in [1.29, 1.82) is 0 Å². The van der Waals surface area contributed by atoms with E-state index in [4.69, 9.17) is 12.2 Å². The number of aromatic nitrogens is 1. The number of benzene rings is 2. The summed E-state index contributed by atoms with van der Waals surface area (Å²) in [6.07, 6.45) is 3.27. The third-order valence-electron chi connectivity index (χ3n) is 4.15. The second-order valence-electron chi connectivity index (χ2n) is 6.19. The molecule has 0 saturated heterocycles. The van der Waals surface area contributed by atoms with E-state index < -0.39 is 16.5 Å². The first-order chi connectivity index (χ1) is 13.9. The van der Waals surface area contributed by atoms with Crippen LogP contribution >= 0.6 is 12.2 Å². The molecule has 0 spiro atoms. The number of anilines is 1. The summed E-state index contributed by atoms with van der Waals surface area (Å²) in [5.41, 5.74) is 0.870. The van der Waals surface area contributed by atoms with Crippen molar-refractivity contribution in [3.63, 3.8) is 0 Å². The molecule has 6 nitrogen and oxygen atoms in total. The number of non-ortho nitro benzene ring substituents is 1. The molecule has 1 aromatic heterocycles. The molecule has 0 atom stereocenters. The van der Waals surface area contributed by atoms with E-state index in [2.05, 4.69) is 5.32 Å². The van der Waals surface area contributed by atoms with Crippen LogP contribution in [-0.4, -0.2) is 9.91 Å². The lowest BCUT2D eigenvalue weighted by Crippen LogP contribution is -2.39. The first-order valence-electron chi connectivity index (χ1n) is 8.57. The average molecular weight is 409 g/mol. The van der Waals surface area contributed by atoms with E-state index in [-0.39, 0.29) is 21.9 Å². The first-order valence-corrected chi connectivity index (χ1v) is 8.98. The zero-order valence-corrected chi connectivity index (χ0v) is 16.2. The van der Waals surface area contributed by atoms with Gasteiger partial charge in [-0.1, -0.05) is 36.5 Å². The van der Waals surface area contributed by atoms with E-state index in [0.717, 1.165) is 0 Å². The van der Waals surface area contributed by atoms with Crippen LogP contribution in [0.5, 0.6) is 0 Å². The highest BCUT2D eigenvalue weighted by molar-refractivity contribution is 7.81. The van der Waals surface area contributed by atoms with Crippen molar-refractivity contribution in [3.8, 4) is 0 Å². The smallest absolute Gasteiger partial charge is 0.270 e. The van der Waals surface area contributed by atoms with Gasteiger partial charge in [-0.25, -0.2) is 4.39 Å². The highest BCUT2D eigenvalue weighted by Gasteiger charge is 2.20. The Morgan fingerprint density at radius 1 is 1.10 bits per heavy atom. The molecular weight excluding hydrogens is 393 g/mol. The van der Waals surface area contributed by atoms with Crippen molar-refractivity contribution in [2.45, 2.75) is 6.92 Å². The molecule has 0 aliphatic rings. The molecule has 1 N–H and O–H groups in total. The summed E-state index contributed by atoms with van der Waals surface area (Å²) in [6, 6.07) is 15.2. The first kappa shape index (κ1) is 20.1. The molecule has 29 heavy (non-hydrogen) atoms. The summed E-state index contributed by atoms with van der Waals surface area (Å²) < 4.78 is 15.4. The maximum absolute atomic E-state index is 13.9. The number of nitrogens with zero attached hydrogens (tertiary/aromatic N) is 2. The van der Waals surface area contributed by atoms with E-state index in [1.165, 1.54) is 34.9 Å². The predicted octanol–water partition coefficient (Wildman–Crippen LogP) is 3.46. The van der Waals surface area contributed by atoms with E-state index >= 15 is 0 Å². The summed E-state index contributed by atoms with van der Waals surface area (Å²) >= 11 is 5.43. The van der Waals surface area contributed by atoms with Gasteiger partial charge >= 0.3 is 0 Å². The Kier molecular flexibility index (Phi) is 5.94. The number of aryl methyl sites for hydroxylation is 1. The van der Waals surface area contributed by atoms with Crippen LogP contribution in [0.3, 0.4) is 0 Å². The van der Waals surface area contributed by atoms with Gasteiger partial charge in [-0.2, -0.15) is 4.57 Å². The Hall–Kier alpha value is -3.65. The average Bonchev–Trinajstić information content (AvgIpc) is 2.71. The van der Waals surface area contributed by atoms with E-state index in [0.29, 0.717) is 11.3 Å². The van der Waals surface area contributed by atoms with Gasteiger partial charge in [-0.3, -0.25) is 10.1 Å². The quantitative estimate of drug-likeness (QED) is 0.174. The van der Waals surface area contributed by atoms with Crippen molar-refractivity contribution in [3.05, 3.63) is 100 Å². The van der Waals surface area contributed by atoms with Gasteiger partial charge in [0.2, 0.25) is 5.70 Å². The van der Waals surface area contributed by atoms with E-state index in [1.807, 2.05) is 0 Å². The lowest BCUT2D eigenvalue weighted by Gasteiger charge is -2.17. The van der Waals surface area contributed by atoms with Gasteiger partial charge in [0.15, 0.2) is 17.4 Å². The van der Waals surface area contributed by atoms with Gasteiger partial charge < -0.3 is 10.4 Å². The minimum atomic E-state index is -0.572.